The van der Waals surface area contributed by atoms with Crippen LogP contribution >= 0.6 is 0 Å². The minimum Gasteiger partial charge on any atom is -0.350 e. The van der Waals surface area contributed by atoms with Crippen molar-refractivity contribution in [3.8, 4) is 6.07 Å². The third-order valence-electron chi connectivity index (χ3n) is 4.60. The highest BCUT2D eigenvalue weighted by atomic mass is 19.1. The summed E-state index contributed by atoms with van der Waals surface area (Å²) in [5.74, 6) is -1.62. The second kappa shape index (κ2) is 7.48. The summed E-state index contributed by atoms with van der Waals surface area (Å²) in [7, 11) is 0. The third-order valence-corrected chi connectivity index (χ3v) is 4.60. The number of imide groups is 1. The second-order valence-electron chi connectivity index (χ2n) is 6.50. The lowest BCUT2D eigenvalue weighted by atomic mass is 9.91. The topological polar surface area (TPSA) is 102 Å². The Morgan fingerprint density at radius 1 is 1.21 bits per heavy atom. The summed E-state index contributed by atoms with van der Waals surface area (Å²) in [6, 6.07) is 13.5. The number of benzene rings is 2. The van der Waals surface area contributed by atoms with E-state index in [1.54, 1.807) is 30.3 Å². The molecule has 1 aliphatic heterocycles. The number of nitrogens with zero attached hydrogens (tertiary/aromatic N) is 2. The van der Waals surface area contributed by atoms with E-state index in [-0.39, 0.29) is 6.54 Å². The molecule has 0 spiro atoms. The number of halogens is 1. The molecule has 2 N–H and O–H groups in total. The minimum atomic E-state index is -1.34. The maximum atomic E-state index is 13.6. The lowest BCUT2D eigenvalue weighted by Gasteiger charge is -2.22. The summed E-state index contributed by atoms with van der Waals surface area (Å²) in [4.78, 5) is 38.0. The van der Waals surface area contributed by atoms with E-state index in [0.717, 1.165) is 4.90 Å². The van der Waals surface area contributed by atoms with Gasteiger partial charge in [0.05, 0.1) is 11.6 Å². The first-order valence-corrected chi connectivity index (χ1v) is 8.50. The highest BCUT2D eigenvalue weighted by Gasteiger charge is 2.49. The van der Waals surface area contributed by atoms with Gasteiger partial charge in [-0.3, -0.25) is 14.5 Å². The number of nitrogens with one attached hydrogen (secondary N) is 2. The quantitative estimate of drug-likeness (QED) is 0.772. The Bertz CT molecular complexity index is 984. The Labute approximate surface area is 160 Å². The molecule has 4 amide bonds. The predicted octanol–water partition coefficient (Wildman–Crippen LogP) is 1.78. The van der Waals surface area contributed by atoms with E-state index < -0.39 is 35.7 Å². The average Bonchev–Trinajstić information content (AvgIpc) is 2.91. The fourth-order valence-corrected chi connectivity index (χ4v) is 2.95. The van der Waals surface area contributed by atoms with Crippen molar-refractivity contribution in [1.82, 2.24) is 15.5 Å². The van der Waals surface area contributed by atoms with Crippen molar-refractivity contribution in [2.75, 3.05) is 6.54 Å². The molecule has 1 heterocycles. The van der Waals surface area contributed by atoms with E-state index in [9.17, 15) is 18.8 Å². The average molecular weight is 380 g/mol. The predicted molar refractivity (Wildman–Crippen MR) is 97.0 cm³/mol. The zero-order valence-electron chi connectivity index (χ0n) is 15.0. The van der Waals surface area contributed by atoms with Crippen LogP contribution in [0.3, 0.4) is 0 Å². The normalized spacial score (nSPS) is 18.5. The molecule has 3 rings (SSSR count). The van der Waals surface area contributed by atoms with Gasteiger partial charge in [-0.05, 0) is 30.7 Å². The molecule has 1 fully saturated rings. The Hall–Kier alpha value is -3.73. The summed E-state index contributed by atoms with van der Waals surface area (Å²) in [5.41, 5.74) is -0.111. The van der Waals surface area contributed by atoms with Crippen LogP contribution in [-0.2, 0) is 21.7 Å². The Balaban J connectivity index is 1.68. The fraction of sp³-hybridized carbons (Fsp3) is 0.200. The molecule has 142 valence electrons. The number of hydrogen-bond donors (Lipinski definition) is 2. The van der Waals surface area contributed by atoms with Gasteiger partial charge in [-0.2, -0.15) is 5.26 Å². The number of amides is 4. The molecule has 1 aliphatic rings. The van der Waals surface area contributed by atoms with Crippen LogP contribution in [0.1, 0.15) is 23.6 Å². The van der Waals surface area contributed by atoms with Crippen LogP contribution in [-0.4, -0.2) is 29.3 Å². The lowest BCUT2D eigenvalue weighted by Crippen LogP contribution is -2.43. The van der Waals surface area contributed by atoms with E-state index in [1.807, 2.05) is 6.07 Å². The van der Waals surface area contributed by atoms with Crippen molar-refractivity contribution in [2.24, 2.45) is 0 Å². The monoisotopic (exact) mass is 380 g/mol. The summed E-state index contributed by atoms with van der Waals surface area (Å²) >= 11 is 0. The number of hydrogen-bond acceptors (Lipinski definition) is 4. The maximum Gasteiger partial charge on any atom is 0.325 e. The molecule has 8 heteroatoms. The van der Waals surface area contributed by atoms with Crippen molar-refractivity contribution in [1.29, 1.82) is 5.26 Å². The summed E-state index contributed by atoms with van der Waals surface area (Å²) in [5, 5.41) is 14.0. The molecule has 7 nitrogen and oxygen atoms in total. The molecular weight excluding hydrogens is 363 g/mol. The maximum absolute atomic E-state index is 13.6. The van der Waals surface area contributed by atoms with Gasteiger partial charge in [0.15, 0.2) is 0 Å². The molecule has 28 heavy (non-hydrogen) atoms. The van der Waals surface area contributed by atoms with E-state index in [1.165, 1.54) is 25.1 Å². The Morgan fingerprint density at radius 2 is 1.89 bits per heavy atom. The first-order chi connectivity index (χ1) is 13.3. The van der Waals surface area contributed by atoms with E-state index in [2.05, 4.69) is 10.6 Å². The number of carbonyl (C=O) groups excluding carboxylic acids is 3. The number of urea groups is 1. The Kier molecular flexibility index (Phi) is 5.09. The van der Waals surface area contributed by atoms with Gasteiger partial charge < -0.3 is 10.6 Å². The molecule has 1 atom stereocenters. The molecule has 0 aromatic heterocycles. The van der Waals surface area contributed by atoms with Crippen LogP contribution in [0.2, 0.25) is 0 Å². The Morgan fingerprint density at radius 3 is 2.54 bits per heavy atom. The van der Waals surface area contributed by atoms with E-state index in [4.69, 9.17) is 5.26 Å². The van der Waals surface area contributed by atoms with Gasteiger partial charge in [-0.25, -0.2) is 9.18 Å². The zero-order chi connectivity index (χ0) is 20.3. The first kappa shape index (κ1) is 19.0. The van der Waals surface area contributed by atoms with Crippen LogP contribution < -0.4 is 10.6 Å². The molecule has 2 aromatic carbocycles. The van der Waals surface area contributed by atoms with Crippen LogP contribution in [0.5, 0.6) is 0 Å². The minimum absolute atomic E-state index is 0.0535. The van der Waals surface area contributed by atoms with Gasteiger partial charge in [0.2, 0.25) is 5.91 Å². The van der Waals surface area contributed by atoms with Gasteiger partial charge in [0, 0.05) is 12.1 Å². The largest absolute Gasteiger partial charge is 0.350 e. The highest BCUT2D eigenvalue weighted by Crippen LogP contribution is 2.28. The molecule has 1 unspecified atom stereocenters. The molecule has 0 radical (unpaired) electrons. The highest BCUT2D eigenvalue weighted by molar-refractivity contribution is 6.09. The molecule has 1 saturated heterocycles. The molecular formula is C20H17FN4O3. The van der Waals surface area contributed by atoms with Crippen molar-refractivity contribution < 1.29 is 18.8 Å². The van der Waals surface area contributed by atoms with Crippen molar-refractivity contribution in [3.05, 3.63) is 71.0 Å². The van der Waals surface area contributed by atoms with Crippen LogP contribution in [0.4, 0.5) is 9.18 Å². The fourth-order valence-electron chi connectivity index (χ4n) is 2.95. The van der Waals surface area contributed by atoms with Crippen molar-refractivity contribution >= 4 is 17.8 Å². The lowest BCUT2D eigenvalue weighted by molar-refractivity contribution is -0.134. The smallest absolute Gasteiger partial charge is 0.325 e. The van der Waals surface area contributed by atoms with Gasteiger partial charge in [-0.1, -0.05) is 30.3 Å². The van der Waals surface area contributed by atoms with Crippen LogP contribution in [0.15, 0.2) is 48.5 Å². The number of nitriles is 1. The molecule has 0 saturated carbocycles. The number of rotatable bonds is 5. The second-order valence-corrected chi connectivity index (χ2v) is 6.50. The van der Waals surface area contributed by atoms with Gasteiger partial charge in [0.1, 0.15) is 17.9 Å². The summed E-state index contributed by atoms with van der Waals surface area (Å²) < 4.78 is 13.6. The molecule has 2 aromatic rings. The summed E-state index contributed by atoms with van der Waals surface area (Å²) in [6.45, 7) is 0.999. The zero-order valence-corrected chi connectivity index (χ0v) is 15.0. The van der Waals surface area contributed by atoms with Gasteiger partial charge in [0.25, 0.3) is 5.91 Å². The van der Waals surface area contributed by atoms with E-state index in [0.29, 0.717) is 16.7 Å². The first-order valence-electron chi connectivity index (χ1n) is 8.50. The molecule has 0 bridgehead atoms. The van der Waals surface area contributed by atoms with Gasteiger partial charge >= 0.3 is 6.03 Å². The SMILES string of the molecule is CC1(c2ccc(C#N)cc2)NC(=O)N(CC(=O)NCc2ccccc2F)C1=O. The molecule has 0 aliphatic carbocycles. The van der Waals surface area contributed by atoms with Crippen LogP contribution in [0, 0.1) is 17.1 Å². The number of carbonyl (C=O) groups is 3. The van der Waals surface area contributed by atoms with Crippen molar-refractivity contribution in [3.63, 3.8) is 0 Å². The third kappa shape index (κ3) is 3.55. The van der Waals surface area contributed by atoms with Gasteiger partial charge in [-0.15, -0.1) is 0 Å². The van der Waals surface area contributed by atoms with E-state index >= 15 is 0 Å². The van der Waals surface area contributed by atoms with Crippen LogP contribution in [0.25, 0.3) is 0 Å². The summed E-state index contributed by atoms with van der Waals surface area (Å²) in [6.07, 6.45) is 0. The van der Waals surface area contributed by atoms with Crippen molar-refractivity contribution in [2.45, 2.75) is 19.0 Å². The standard InChI is InChI=1S/C20H17FN4O3/c1-20(15-8-6-13(10-22)7-9-15)18(27)25(19(28)24-20)12-17(26)23-11-14-4-2-3-5-16(14)21/h2-9H,11-12H2,1H3,(H,23,26)(H,24,28).